The zero-order valence-corrected chi connectivity index (χ0v) is 12.4. The number of aryl methyl sites for hydroxylation is 1. The van der Waals surface area contributed by atoms with Crippen molar-refractivity contribution in [2.24, 2.45) is 7.05 Å². The maximum absolute atomic E-state index is 13.3. The zero-order chi connectivity index (χ0) is 15.0. The minimum absolute atomic E-state index is 0.0799. The van der Waals surface area contributed by atoms with Crippen LogP contribution in [0.15, 0.2) is 24.3 Å². The molecule has 1 aliphatic rings. The molecule has 1 N–H and O–H groups in total. The summed E-state index contributed by atoms with van der Waals surface area (Å²) in [6.45, 7) is 2.01. The SMILES string of the molecule is CN1CCC(NC(=O)c2cc3ccc(F)cc3n2C)CC1. The van der Waals surface area contributed by atoms with Crippen molar-refractivity contribution < 1.29 is 9.18 Å². The van der Waals surface area contributed by atoms with Crippen LogP contribution in [0.2, 0.25) is 0 Å². The molecule has 2 heterocycles. The molecule has 0 spiro atoms. The van der Waals surface area contributed by atoms with E-state index in [1.165, 1.54) is 12.1 Å². The molecular formula is C16H20FN3O. The third-order valence-corrected chi connectivity index (χ3v) is 4.29. The first-order valence-corrected chi connectivity index (χ1v) is 7.29. The van der Waals surface area contributed by atoms with Crippen LogP contribution in [-0.4, -0.2) is 41.6 Å². The Hall–Kier alpha value is -1.88. The van der Waals surface area contributed by atoms with Gasteiger partial charge in [-0.3, -0.25) is 4.79 Å². The summed E-state index contributed by atoms with van der Waals surface area (Å²) in [5.74, 6) is -0.366. The molecule has 1 aromatic carbocycles. The van der Waals surface area contributed by atoms with E-state index in [1.807, 2.05) is 6.07 Å². The number of amides is 1. The highest BCUT2D eigenvalue weighted by molar-refractivity contribution is 5.98. The molecule has 1 saturated heterocycles. The summed E-state index contributed by atoms with van der Waals surface area (Å²) in [5, 5.41) is 3.97. The number of carbonyl (C=O) groups excluding carboxylic acids is 1. The zero-order valence-electron chi connectivity index (χ0n) is 12.4. The van der Waals surface area contributed by atoms with E-state index in [0.717, 1.165) is 36.8 Å². The summed E-state index contributed by atoms with van der Waals surface area (Å²) in [6.07, 6.45) is 1.95. The lowest BCUT2D eigenvalue weighted by Crippen LogP contribution is -2.43. The minimum Gasteiger partial charge on any atom is -0.348 e. The summed E-state index contributed by atoms with van der Waals surface area (Å²) < 4.78 is 15.1. The largest absolute Gasteiger partial charge is 0.348 e. The second-order valence-corrected chi connectivity index (χ2v) is 5.84. The van der Waals surface area contributed by atoms with Gasteiger partial charge in [0.1, 0.15) is 11.5 Å². The van der Waals surface area contributed by atoms with E-state index in [1.54, 1.807) is 17.7 Å². The van der Waals surface area contributed by atoms with Crippen LogP contribution in [0, 0.1) is 5.82 Å². The van der Waals surface area contributed by atoms with Gasteiger partial charge < -0.3 is 14.8 Å². The predicted molar refractivity (Wildman–Crippen MR) is 80.9 cm³/mol. The highest BCUT2D eigenvalue weighted by Gasteiger charge is 2.21. The second kappa shape index (κ2) is 5.48. The van der Waals surface area contributed by atoms with Crippen molar-refractivity contribution in [1.82, 2.24) is 14.8 Å². The molecule has 0 aliphatic carbocycles. The lowest BCUT2D eigenvalue weighted by molar-refractivity contribution is 0.0909. The maximum atomic E-state index is 13.3. The Morgan fingerprint density at radius 2 is 1.95 bits per heavy atom. The van der Waals surface area contributed by atoms with Crippen molar-refractivity contribution in [2.75, 3.05) is 20.1 Å². The normalized spacial score (nSPS) is 17.3. The van der Waals surface area contributed by atoms with E-state index in [-0.39, 0.29) is 17.8 Å². The molecule has 21 heavy (non-hydrogen) atoms. The first-order chi connectivity index (χ1) is 10.0. The van der Waals surface area contributed by atoms with Crippen molar-refractivity contribution in [3.05, 3.63) is 35.8 Å². The van der Waals surface area contributed by atoms with Gasteiger partial charge in [0, 0.05) is 18.5 Å². The molecule has 4 nitrogen and oxygen atoms in total. The summed E-state index contributed by atoms with van der Waals surface area (Å²) in [4.78, 5) is 14.7. The van der Waals surface area contributed by atoms with Gasteiger partial charge in [0.05, 0.1) is 5.52 Å². The third-order valence-electron chi connectivity index (χ3n) is 4.29. The number of nitrogens with zero attached hydrogens (tertiary/aromatic N) is 2. The lowest BCUT2D eigenvalue weighted by atomic mass is 10.1. The van der Waals surface area contributed by atoms with Gasteiger partial charge >= 0.3 is 0 Å². The van der Waals surface area contributed by atoms with Gasteiger partial charge in [-0.05, 0) is 57.2 Å². The number of likely N-dealkylation sites (tertiary alicyclic amines) is 1. The van der Waals surface area contributed by atoms with Crippen molar-refractivity contribution in [1.29, 1.82) is 0 Å². The monoisotopic (exact) mass is 289 g/mol. The number of nitrogens with one attached hydrogen (secondary N) is 1. The molecule has 0 atom stereocenters. The Morgan fingerprint density at radius 3 is 2.67 bits per heavy atom. The molecule has 0 bridgehead atoms. The number of halogens is 1. The molecule has 1 amide bonds. The van der Waals surface area contributed by atoms with Gasteiger partial charge in [0.2, 0.25) is 0 Å². The predicted octanol–water partition coefficient (Wildman–Crippen LogP) is 2.14. The molecule has 5 heteroatoms. The Morgan fingerprint density at radius 1 is 1.24 bits per heavy atom. The molecule has 2 aromatic rings. The first kappa shape index (κ1) is 14.1. The Balaban J connectivity index is 1.80. The molecule has 0 radical (unpaired) electrons. The fourth-order valence-corrected chi connectivity index (χ4v) is 2.93. The van der Waals surface area contributed by atoms with E-state index in [9.17, 15) is 9.18 Å². The Bertz CT molecular complexity index is 671. The number of carbonyl (C=O) groups is 1. The van der Waals surface area contributed by atoms with Crippen LogP contribution in [0.4, 0.5) is 4.39 Å². The molecule has 1 aliphatic heterocycles. The Labute approximate surface area is 123 Å². The van der Waals surface area contributed by atoms with Gasteiger partial charge in [-0.1, -0.05) is 0 Å². The second-order valence-electron chi connectivity index (χ2n) is 5.84. The highest BCUT2D eigenvalue weighted by Crippen LogP contribution is 2.20. The quantitative estimate of drug-likeness (QED) is 0.919. The molecule has 1 aromatic heterocycles. The number of benzene rings is 1. The molecule has 1 fully saturated rings. The van der Waals surface area contributed by atoms with Crippen molar-refractivity contribution in [3.63, 3.8) is 0 Å². The maximum Gasteiger partial charge on any atom is 0.268 e. The van der Waals surface area contributed by atoms with E-state index >= 15 is 0 Å². The smallest absolute Gasteiger partial charge is 0.268 e. The van der Waals surface area contributed by atoms with Gasteiger partial charge in [0.25, 0.3) is 5.91 Å². The van der Waals surface area contributed by atoms with Crippen molar-refractivity contribution >= 4 is 16.8 Å². The van der Waals surface area contributed by atoms with Crippen LogP contribution < -0.4 is 5.32 Å². The fourth-order valence-electron chi connectivity index (χ4n) is 2.93. The Kier molecular flexibility index (Phi) is 3.68. The number of piperidine rings is 1. The first-order valence-electron chi connectivity index (χ1n) is 7.29. The number of hydrogen-bond acceptors (Lipinski definition) is 2. The van der Waals surface area contributed by atoms with Crippen LogP contribution >= 0.6 is 0 Å². The van der Waals surface area contributed by atoms with Crippen LogP contribution in [0.1, 0.15) is 23.3 Å². The van der Waals surface area contributed by atoms with E-state index in [4.69, 9.17) is 0 Å². The van der Waals surface area contributed by atoms with Gasteiger partial charge in [-0.15, -0.1) is 0 Å². The number of aromatic nitrogens is 1. The van der Waals surface area contributed by atoms with Crippen LogP contribution in [0.5, 0.6) is 0 Å². The summed E-state index contributed by atoms with van der Waals surface area (Å²) in [6, 6.07) is 6.63. The van der Waals surface area contributed by atoms with Crippen molar-refractivity contribution in [2.45, 2.75) is 18.9 Å². The topological polar surface area (TPSA) is 37.3 Å². The average Bonchev–Trinajstić information content (AvgIpc) is 2.79. The van der Waals surface area contributed by atoms with Crippen LogP contribution in [0.25, 0.3) is 10.9 Å². The van der Waals surface area contributed by atoms with Gasteiger partial charge in [-0.2, -0.15) is 0 Å². The third kappa shape index (κ3) is 2.78. The van der Waals surface area contributed by atoms with Gasteiger partial charge in [0.15, 0.2) is 0 Å². The summed E-state index contributed by atoms with van der Waals surface area (Å²) in [5.41, 5.74) is 1.32. The molecule has 0 saturated carbocycles. The molecule has 0 unspecified atom stereocenters. The summed E-state index contributed by atoms with van der Waals surface area (Å²) >= 11 is 0. The molecule has 3 rings (SSSR count). The van der Waals surface area contributed by atoms with E-state index in [2.05, 4.69) is 17.3 Å². The van der Waals surface area contributed by atoms with Crippen molar-refractivity contribution in [3.8, 4) is 0 Å². The van der Waals surface area contributed by atoms with E-state index in [0.29, 0.717) is 5.69 Å². The van der Waals surface area contributed by atoms with Crippen LogP contribution in [0.3, 0.4) is 0 Å². The highest BCUT2D eigenvalue weighted by atomic mass is 19.1. The fraction of sp³-hybridized carbons (Fsp3) is 0.438. The number of rotatable bonds is 2. The lowest BCUT2D eigenvalue weighted by Gasteiger charge is -2.29. The average molecular weight is 289 g/mol. The number of hydrogen-bond donors (Lipinski definition) is 1. The minimum atomic E-state index is -0.286. The molecule has 112 valence electrons. The standard InChI is InChI=1S/C16H20FN3O/c1-19-7-5-13(6-8-19)18-16(21)15-9-11-3-4-12(17)10-14(11)20(15)2/h3-4,9-10,13H,5-8H2,1-2H3,(H,18,21). The van der Waals surface area contributed by atoms with Crippen LogP contribution in [-0.2, 0) is 7.05 Å². The number of fused-ring (bicyclic) bond motifs is 1. The summed E-state index contributed by atoms with van der Waals surface area (Å²) in [7, 11) is 3.89. The molecular weight excluding hydrogens is 269 g/mol. The van der Waals surface area contributed by atoms with E-state index < -0.39 is 0 Å². The van der Waals surface area contributed by atoms with Gasteiger partial charge in [-0.25, -0.2) is 4.39 Å².